The van der Waals surface area contributed by atoms with E-state index in [0.717, 1.165) is 30.8 Å². The highest BCUT2D eigenvalue weighted by Crippen LogP contribution is 2.30. The zero-order valence-corrected chi connectivity index (χ0v) is 24.3. The van der Waals surface area contributed by atoms with Crippen molar-refractivity contribution in [1.82, 2.24) is 19.4 Å². The largest absolute Gasteiger partial charge is 0.372 e. The van der Waals surface area contributed by atoms with Crippen LogP contribution in [0.5, 0.6) is 0 Å². The van der Waals surface area contributed by atoms with Crippen LogP contribution >= 0.6 is 23.2 Å². The first kappa shape index (κ1) is 27.9. The summed E-state index contributed by atoms with van der Waals surface area (Å²) in [5.41, 5.74) is 4.21. The number of aromatic nitrogens is 3. The van der Waals surface area contributed by atoms with Gasteiger partial charge in [0.1, 0.15) is 6.61 Å². The van der Waals surface area contributed by atoms with Crippen molar-refractivity contribution in [1.29, 1.82) is 0 Å². The summed E-state index contributed by atoms with van der Waals surface area (Å²) in [6.07, 6.45) is 4.26. The van der Waals surface area contributed by atoms with Crippen molar-refractivity contribution >= 4 is 51.4 Å². The number of likely N-dealkylation sites (N-methyl/N-ethyl adjacent to an activating group) is 1. The lowest BCUT2D eigenvalue weighted by atomic mass is 10.1. The van der Waals surface area contributed by atoms with Crippen molar-refractivity contribution in [3.05, 3.63) is 80.3 Å². The number of nitrogens with zero attached hydrogens (tertiary/aromatic N) is 5. The number of fused-ring (bicyclic) bond motifs is 1. The zero-order chi connectivity index (χ0) is 28.4. The van der Waals surface area contributed by atoms with Crippen LogP contribution in [-0.2, 0) is 4.74 Å². The van der Waals surface area contributed by atoms with Crippen LogP contribution in [0.2, 0.25) is 10.0 Å². The molecule has 40 heavy (non-hydrogen) atoms. The average molecular weight is 578 g/mol. The van der Waals surface area contributed by atoms with Crippen molar-refractivity contribution in [3.8, 4) is 17.5 Å². The van der Waals surface area contributed by atoms with Gasteiger partial charge < -0.3 is 19.9 Å². The Bertz CT molecular complexity index is 1670. The number of benzene rings is 2. The molecule has 1 atom stereocenters. The minimum Gasteiger partial charge on any atom is -0.372 e. The van der Waals surface area contributed by atoms with Gasteiger partial charge >= 0.3 is 0 Å². The van der Waals surface area contributed by atoms with Gasteiger partial charge in [-0.2, -0.15) is 0 Å². The maximum Gasteiger partial charge on any atom is 0.266 e. The molecule has 5 rings (SSSR count). The Balaban J connectivity index is 1.51. The Hall–Kier alpha value is -3.61. The van der Waals surface area contributed by atoms with Gasteiger partial charge in [-0.3, -0.25) is 9.36 Å². The normalized spacial score (nSPS) is 15.0. The molecule has 4 aromatic rings. The first-order valence-electron chi connectivity index (χ1n) is 12.9. The summed E-state index contributed by atoms with van der Waals surface area (Å²) in [6.45, 7) is 4.38. The van der Waals surface area contributed by atoms with E-state index in [9.17, 15) is 4.79 Å². The van der Waals surface area contributed by atoms with E-state index in [4.69, 9.17) is 27.9 Å². The number of hydrogen-bond donors (Lipinski definition) is 1. The molecule has 2 aromatic heterocycles. The van der Waals surface area contributed by atoms with E-state index in [0.29, 0.717) is 44.2 Å². The first-order chi connectivity index (χ1) is 19.3. The number of ether oxygens (including phenoxy) is 1. The third-order valence-corrected chi connectivity index (χ3v) is 7.67. The van der Waals surface area contributed by atoms with Crippen LogP contribution in [0.1, 0.15) is 17.5 Å². The highest BCUT2D eigenvalue weighted by atomic mass is 35.5. The van der Waals surface area contributed by atoms with Gasteiger partial charge in [0, 0.05) is 50.0 Å². The number of anilines is 3. The smallest absolute Gasteiger partial charge is 0.266 e. The summed E-state index contributed by atoms with van der Waals surface area (Å²) in [5.74, 6) is 6.37. The minimum atomic E-state index is -0.351. The van der Waals surface area contributed by atoms with Gasteiger partial charge in [0.15, 0.2) is 0 Å². The number of methoxy groups -OCH3 is 1. The third kappa shape index (κ3) is 5.65. The quantitative estimate of drug-likeness (QED) is 0.313. The Morgan fingerprint density at radius 3 is 2.65 bits per heavy atom. The highest BCUT2D eigenvalue weighted by molar-refractivity contribution is 6.37. The highest BCUT2D eigenvalue weighted by Gasteiger charge is 2.25. The van der Waals surface area contributed by atoms with Crippen LogP contribution in [-0.4, -0.2) is 66.4 Å². The Morgan fingerprint density at radius 2 is 1.98 bits per heavy atom. The van der Waals surface area contributed by atoms with Crippen molar-refractivity contribution in [2.75, 3.05) is 51.1 Å². The number of hydrogen-bond acceptors (Lipinski definition) is 7. The molecule has 1 fully saturated rings. The fraction of sp³-hybridized carbons (Fsp3) is 0.300. The standard InChI is InChI=1S/C30H30Cl2N6O2/c1-19-15-21(10-11-26(19)37-13-12-22(18-37)36(2)3)34-30-33-16-23-27(35-30)20(7-6-14-40-4)17-38(29(23)39)28-24(31)8-5-9-25(28)32/h5,8-11,15-17,22H,12-14,18H2,1-4H3,(H,33,34,35)/t22-/m0/s1. The Kier molecular flexibility index (Phi) is 8.29. The second-order valence-electron chi connectivity index (χ2n) is 9.96. The number of rotatable bonds is 6. The predicted molar refractivity (Wildman–Crippen MR) is 163 cm³/mol. The maximum absolute atomic E-state index is 13.5. The van der Waals surface area contributed by atoms with Crippen molar-refractivity contribution < 1.29 is 4.74 Å². The second-order valence-corrected chi connectivity index (χ2v) is 10.8. The molecule has 1 aliphatic rings. The van der Waals surface area contributed by atoms with Gasteiger partial charge in [0.2, 0.25) is 5.95 Å². The van der Waals surface area contributed by atoms with Crippen LogP contribution in [0.4, 0.5) is 17.3 Å². The van der Waals surface area contributed by atoms with Gasteiger partial charge in [-0.25, -0.2) is 9.97 Å². The molecular weight excluding hydrogens is 547 g/mol. The molecule has 0 amide bonds. The van der Waals surface area contributed by atoms with Gasteiger partial charge in [0.25, 0.3) is 5.56 Å². The average Bonchev–Trinajstić information content (AvgIpc) is 3.41. The van der Waals surface area contributed by atoms with E-state index in [1.165, 1.54) is 16.5 Å². The molecule has 0 spiro atoms. The van der Waals surface area contributed by atoms with E-state index in [2.05, 4.69) is 70.1 Å². The van der Waals surface area contributed by atoms with E-state index in [1.807, 2.05) is 6.07 Å². The van der Waals surface area contributed by atoms with E-state index < -0.39 is 0 Å². The monoisotopic (exact) mass is 576 g/mol. The van der Waals surface area contributed by atoms with E-state index in [1.54, 1.807) is 31.5 Å². The van der Waals surface area contributed by atoms with Gasteiger partial charge in [0.05, 0.1) is 32.2 Å². The summed E-state index contributed by atoms with van der Waals surface area (Å²) in [4.78, 5) is 27.4. The Morgan fingerprint density at radius 1 is 1.20 bits per heavy atom. The summed E-state index contributed by atoms with van der Waals surface area (Å²) >= 11 is 12.8. The fourth-order valence-electron chi connectivity index (χ4n) is 4.96. The topological polar surface area (TPSA) is 75.5 Å². The molecule has 3 heterocycles. The zero-order valence-electron chi connectivity index (χ0n) is 22.8. The first-order valence-corrected chi connectivity index (χ1v) is 13.7. The van der Waals surface area contributed by atoms with Crippen molar-refractivity contribution in [2.45, 2.75) is 19.4 Å². The molecule has 0 radical (unpaired) electrons. The summed E-state index contributed by atoms with van der Waals surface area (Å²) in [6, 6.07) is 11.9. The Labute approximate surface area is 243 Å². The van der Waals surface area contributed by atoms with Crippen LogP contribution in [0, 0.1) is 18.8 Å². The molecular formula is C30H30Cl2N6O2. The van der Waals surface area contributed by atoms with Crippen LogP contribution in [0.15, 0.2) is 53.6 Å². The second kappa shape index (κ2) is 11.9. The minimum absolute atomic E-state index is 0.224. The van der Waals surface area contributed by atoms with E-state index in [-0.39, 0.29) is 12.2 Å². The lowest BCUT2D eigenvalue weighted by Crippen LogP contribution is -2.31. The molecule has 8 nitrogen and oxygen atoms in total. The molecule has 0 aliphatic carbocycles. The third-order valence-electron chi connectivity index (χ3n) is 7.06. The predicted octanol–water partition coefficient (Wildman–Crippen LogP) is 5.28. The SMILES string of the molecule is COCC#Cc1cn(-c2c(Cl)cccc2Cl)c(=O)c2cnc(Nc3ccc(N4CC[C@H](N(C)C)C4)c(C)c3)nc12. The molecule has 0 unspecified atom stereocenters. The molecule has 2 aromatic carbocycles. The number of aryl methyl sites for hydroxylation is 1. The van der Waals surface area contributed by atoms with Gasteiger partial charge in [-0.1, -0.05) is 41.1 Å². The summed E-state index contributed by atoms with van der Waals surface area (Å²) < 4.78 is 6.49. The summed E-state index contributed by atoms with van der Waals surface area (Å²) in [5, 5.41) is 4.26. The number of pyridine rings is 1. The summed E-state index contributed by atoms with van der Waals surface area (Å²) in [7, 11) is 5.83. The van der Waals surface area contributed by atoms with Gasteiger partial charge in [-0.15, -0.1) is 0 Å². The molecule has 10 heteroatoms. The fourth-order valence-corrected chi connectivity index (χ4v) is 5.54. The number of nitrogens with one attached hydrogen (secondary N) is 1. The van der Waals surface area contributed by atoms with Crippen LogP contribution in [0.3, 0.4) is 0 Å². The van der Waals surface area contributed by atoms with E-state index >= 15 is 0 Å². The maximum atomic E-state index is 13.5. The number of halogens is 2. The molecule has 1 N–H and O–H groups in total. The molecule has 206 valence electrons. The van der Waals surface area contributed by atoms with Crippen molar-refractivity contribution in [2.24, 2.45) is 0 Å². The molecule has 1 saturated heterocycles. The van der Waals surface area contributed by atoms with Crippen LogP contribution in [0.25, 0.3) is 16.6 Å². The van der Waals surface area contributed by atoms with Crippen LogP contribution < -0.4 is 15.8 Å². The number of para-hydroxylation sites is 1. The lowest BCUT2D eigenvalue weighted by Gasteiger charge is -2.23. The molecule has 0 saturated carbocycles. The molecule has 1 aliphatic heterocycles. The van der Waals surface area contributed by atoms with Gasteiger partial charge in [-0.05, 0) is 63.3 Å². The molecule has 0 bridgehead atoms. The lowest BCUT2D eigenvalue weighted by molar-refractivity contribution is 0.240. The van der Waals surface area contributed by atoms with Crippen molar-refractivity contribution in [3.63, 3.8) is 0 Å².